The van der Waals surface area contributed by atoms with Gasteiger partial charge in [-0.05, 0) is 84.7 Å². The molecule has 17 heteroatoms. The number of rotatable bonds is 7. The van der Waals surface area contributed by atoms with Crippen molar-refractivity contribution in [3.8, 4) is 0 Å². The molecule has 0 saturated carbocycles. The van der Waals surface area contributed by atoms with Gasteiger partial charge in [-0.2, -0.15) is 9.50 Å². The van der Waals surface area contributed by atoms with Gasteiger partial charge in [0, 0.05) is 57.8 Å². The third-order valence-electron chi connectivity index (χ3n) is 8.24. The molecule has 2 saturated heterocycles. The third kappa shape index (κ3) is 10.9. The Kier molecular flexibility index (Phi) is 14.1. The maximum atomic E-state index is 13.0. The summed E-state index contributed by atoms with van der Waals surface area (Å²) in [6.07, 6.45) is 0.188. The van der Waals surface area contributed by atoms with E-state index in [1.54, 1.807) is 28.5 Å². The van der Waals surface area contributed by atoms with E-state index < -0.39 is 23.2 Å². The first-order chi connectivity index (χ1) is 23.7. The van der Waals surface area contributed by atoms with Crippen LogP contribution in [-0.4, -0.2) is 133 Å². The number of aromatic nitrogens is 4. The number of nitrogens with one attached hydrogen (secondary N) is 1. The molecule has 2 amide bonds. The predicted molar refractivity (Wildman–Crippen MR) is 195 cm³/mol. The van der Waals surface area contributed by atoms with Crippen molar-refractivity contribution >= 4 is 51.3 Å². The van der Waals surface area contributed by atoms with Crippen molar-refractivity contribution in [3.05, 3.63) is 20.8 Å². The highest BCUT2D eigenvalue weighted by atomic mass is 79.9. The summed E-state index contributed by atoms with van der Waals surface area (Å²) < 4.78 is 17.7. The lowest BCUT2D eigenvalue weighted by Gasteiger charge is -2.42. The maximum Gasteiger partial charge on any atom is 0.410 e. The number of H-pyrrole nitrogens is 1. The summed E-state index contributed by atoms with van der Waals surface area (Å²) in [5, 5.41) is 2.86. The fourth-order valence-electron chi connectivity index (χ4n) is 5.95. The van der Waals surface area contributed by atoms with Crippen molar-refractivity contribution in [2.24, 2.45) is 0 Å². The van der Waals surface area contributed by atoms with Crippen molar-refractivity contribution in [3.63, 3.8) is 0 Å². The lowest BCUT2D eigenvalue weighted by Crippen LogP contribution is -2.60. The number of anilines is 1. The molecule has 1 N–H and O–H groups in total. The molecule has 1 unspecified atom stereocenters. The molecular weight excluding hydrogens is 728 g/mol. The van der Waals surface area contributed by atoms with Gasteiger partial charge >= 0.3 is 18.2 Å². The number of piperazine rings is 2. The van der Waals surface area contributed by atoms with Gasteiger partial charge in [-0.15, -0.1) is 0 Å². The van der Waals surface area contributed by atoms with E-state index in [2.05, 4.69) is 31.0 Å². The molecule has 0 radical (unpaired) electrons. The van der Waals surface area contributed by atoms with Crippen molar-refractivity contribution < 1.29 is 33.4 Å². The first-order valence-electron chi connectivity index (χ1n) is 17.6. The van der Waals surface area contributed by atoms with Crippen LogP contribution in [0.15, 0.2) is 9.53 Å². The molecule has 4 heterocycles. The predicted octanol–water partition coefficient (Wildman–Crippen LogP) is 4.03. The Bertz CT molecular complexity index is 1610. The van der Waals surface area contributed by atoms with E-state index in [0.717, 1.165) is 0 Å². The molecule has 2 fully saturated rings. The van der Waals surface area contributed by atoms with Crippen LogP contribution in [0.1, 0.15) is 88.3 Å². The van der Waals surface area contributed by atoms with Gasteiger partial charge in [-0.1, -0.05) is 13.8 Å². The number of esters is 1. The van der Waals surface area contributed by atoms with Crippen LogP contribution >= 0.6 is 15.9 Å². The summed E-state index contributed by atoms with van der Waals surface area (Å²) in [7, 11) is 0. The van der Waals surface area contributed by atoms with Gasteiger partial charge in [0.25, 0.3) is 11.3 Å². The highest BCUT2D eigenvalue weighted by Crippen LogP contribution is 2.23. The molecule has 2 aliphatic rings. The van der Waals surface area contributed by atoms with Crippen molar-refractivity contribution in [2.75, 3.05) is 50.8 Å². The molecule has 2 aliphatic heterocycles. The third-order valence-corrected chi connectivity index (χ3v) is 8.59. The Labute approximate surface area is 308 Å². The largest absolute Gasteiger partial charge is 0.464 e. The normalized spacial score (nSPS) is 19.3. The van der Waals surface area contributed by atoms with E-state index in [9.17, 15) is 24.0 Å². The smallest absolute Gasteiger partial charge is 0.410 e. The summed E-state index contributed by atoms with van der Waals surface area (Å²) in [5.41, 5.74) is -0.0169. The Morgan fingerprint density at radius 2 is 1.41 bits per heavy atom. The average Bonchev–Trinajstić information content (AvgIpc) is 3.40. The number of fused-ring (bicyclic) bond motifs is 1. The second kappa shape index (κ2) is 17.2. The minimum Gasteiger partial charge on any atom is -0.464 e. The van der Waals surface area contributed by atoms with E-state index in [0.29, 0.717) is 67.6 Å². The summed E-state index contributed by atoms with van der Waals surface area (Å²) in [6.45, 7) is 23.3. The van der Waals surface area contributed by atoms with Gasteiger partial charge in [0.05, 0.1) is 12.3 Å². The zero-order valence-corrected chi connectivity index (χ0v) is 33.5. The van der Waals surface area contributed by atoms with Crippen molar-refractivity contribution in [1.82, 2.24) is 34.3 Å². The number of Topliss-reactive ketones (excluding diaryl/α,β-unsaturated/α-hetero) is 1. The molecule has 0 aromatic carbocycles. The number of ether oxygens (including phenoxy) is 3. The standard InChI is InChI=1S/C17H25BrN6O3.C17H30N2O5/c1-6-11-12(13(25)24-15(19-11)20-14(18)21-24)22-7-8-23(10(2)9-22)16(26)27-17(3,4)5;1-7-13(20)14(15(21)23-8-2)18-9-10-19(12(3)11-18)16(22)24-17(4,5)6/h10H,6-9H2,1-5H3,(H,19,20,21);12,14H,7-11H2,1-6H3/t10-;12-,14?/m11/s1. The number of amides is 2. The number of aryl methyl sites for hydroxylation is 1. The second-order valence-corrected chi connectivity index (χ2v) is 15.4. The van der Waals surface area contributed by atoms with Crippen LogP contribution in [-0.2, 0) is 30.2 Å². The van der Waals surface area contributed by atoms with Crippen LogP contribution in [0.2, 0.25) is 0 Å². The Hall–Kier alpha value is -3.73. The van der Waals surface area contributed by atoms with Crippen molar-refractivity contribution in [2.45, 2.75) is 118 Å². The summed E-state index contributed by atoms with van der Waals surface area (Å²) in [4.78, 5) is 77.9. The summed E-state index contributed by atoms with van der Waals surface area (Å²) in [5.74, 6) is -0.332. The van der Waals surface area contributed by atoms with E-state index in [4.69, 9.17) is 14.2 Å². The fraction of sp³-hybridized carbons (Fsp3) is 0.735. The Morgan fingerprint density at radius 1 is 0.863 bits per heavy atom. The molecule has 3 atom stereocenters. The molecule has 51 heavy (non-hydrogen) atoms. The van der Waals surface area contributed by atoms with Crippen LogP contribution < -0.4 is 10.5 Å². The lowest BCUT2D eigenvalue weighted by atomic mass is 10.1. The average molecular weight is 784 g/mol. The van der Waals surface area contributed by atoms with Gasteiger partial charge in [0.15, 0.2) is 16.6 Å². The molecule has 2 aromatic rings. The van der Waals surface area contributed by atoms with E-state index in [-0.39, 0.29) is 48.6 Å². The summed E-state index contributed by atoms with van der Waals surface area (Å²) >= 11 is 3.24. The van der Waals surface area contributed by atoms with Crippen LogP contribution in [0.25, 0.3) is 5.78 Å². The fourth-order valence-corrected chi connectivity index (χ4v) is 6.29. The number of ketones is 1. The van der Waals surface area contributed by atoms with E-state index in [1.165, 1.54) is 4.52 Å². The van der Waals surface area contributed by atoms with Crippen LogP contribution in [0, 0.1) is 0 Å². The van der Waals surface area contributed by atoms with Crippen molar-refractivity contribution in [1.29, 1.82) is 0 Å². The first kappa shape index (κ1) is 41.7. The Morgan fingerprint density at radius 3 is 1.88 bits per heavy atom. The minimum atomic E-state index is -0.891. The zero-order chi connectivity index (χ0) is 38.4. The molecule has 0 bridgehead atoms. The number of hydrogen-bond donors (Lipinski definition) is 1. The monoisotopic (exact) mass is 782 g/mol. The molecule has 286 valence electrons. The van der Waals surface area contributed by atoms with Gasteiger partial charge in [-0.25, -0.2) is 19.4 Å². The summed E-state index contributed by atoms with van der Waals surface area (Å²) in [6, 6.07) is -1.14. The number of carbonyl (C=O) groups is 4. The molecule has 2 aromatic heterocycles. The second-order valence-electron chi connectivity index (χ2n) is 14.7. The van der Waals surface area contributed by atoms with E-state index >= 15 is 0 Å². The molecular formula is C34H55BrN8O8. The number of nitrogens with zero attached hydrogens (tertiary/aromatic N) is 7. The zero-order valence-electron chi connectivity index (χ0n) is 31.9. The van der Waals surface area contributed by atoms with Gasteiger partial charge < -0.3 is 28.9 Å². The highest BCUT2D eigenvalue weighted by Gasteiger charge is 2.39. The Balaban J connectivity index is 0.000000278. The number of carbonyl (C=O) groups excluding carboxylic acids is 4. The van der Waals surface area contributed by atoms with Crippen LogP contribution in [0.5, 0.6) is 0 Å². The highest BCUT2D eigenvalue weighted by molar-refractivity contribution is 9.10. The minimum absolute atomic E-state index is 0.0908. The molecule has 0 spiro atoms. The molecule has 4 rings (SSSR count). The van der Waals surface area contributed by atoms with Crippen LogP contribution in [0.3, 0.4) is 0 Å². The van der Waals surface area contributed by atoms with Gasteiger partial charge in [-0.3, -0.25) is 19.6 Å². The topological polar surface area (TPSA) is 172 Å². The lowest BCUT2D eigenvalue weighted by molar-refractivity contribution is -0.154. The SMILES string of the molecule is CCOC(=O)C(C(=O)CC)N1CCN(C(=O)OC(C)(C)C)[C@H](C)C1.CCc1nc2nc(Br)[nH]n2c(=O)c1N1CCN(C(=O)OC(C)(C)C)[C@H](C)C1. The maximum absolute atomic E-state index is 13.0. The molecule has 0 aliphatic carbocycles. The number of halogens is 1. The number of hydrogen-bond acceptors (Lipinski definition) is 12. The van der Waals surface area contributed by atoms with Gasteiger partial charge in [0.2, 0.25) is 0 Å². The van der Waals surface area contributed by atoms with E-state index in [1.807, 2.05) is 67.2 Å². The number of aromatic amines is 1. The van der Waals surface area contributed by atoms with Crippen LogP contribution in [0.4, 0.5) is 15.3 Å². The quantitative estimate of drug-likeness (QED) is 0.243. The first-order valence-corrected chi connectivity index (χ1v) is 18.3. The van der Waals surface area contributed by atoms with Gasteiger partial charge in [0.1, 0.15) is 16.9 Å². The molecule has 16 nitrogen and oxygen atoms in total.